The molecule has 1 N–H and O–H groups in total. The molecule has 1 aliphatic rings. The van der Waals surface area contributed by atoms with Crippen LogP contribution in [0.5, 0.6) is 5.75 Å². The predicted molar refractivity (Wildman–Crippen MR) is 132 cm³/mol. The number of carbonyl (C=O) groups excluding carboxylic acids is 2. The zero-order chi connectivity index (χ0) is 23.5. The van der Waals surface area contributed by atoms with Gasteiger partial charge in [0, 0.05) is 25.5 Å². The van der Waals surface area contributed by atoms with Gasteiger partial charge in [0.15, 0.2) is 0 Å². The maximum atomic E-state index is 13.5. The van der Waals surface area contributed by atoms with Crippen molar-refractivity contribution in [2.24, 2.45) is 0 Å². The van der Waals surface area contributed by atoms with E-state index in [1.54, 1.807) is 24.3 Å². The number of anilines is 3. The summed E-state index contributed by atoms with van der Waals surface area (Å²) in [7, 11) is 3.93. The van der Waals surface area contributed by atoms with Crippen LogP contribution in [-0.2, 0) is 9.59 Å². The Balaban J connectivity index is 1.70. The van der Waals surface area contributed by atoms with Crippen LogP contribution in [-0.4, -0.2) is 32.0 Å². The Hall–Kier alpha value is -4.06. The number of hydrogen-bond donors (Lipinski definition) is 1. The third kappa shape index (κ3) is 4.60. The highest BCUT2D eigenvalue weighted by atomic mass is 16.5. The minimum absolute atomic E-state index is 0.0342. The van der Waals surface area contributed by atoms with Gasteiger partial charge >= 0.3 is 0 Å². The molecule has 0 unspecified atom stereocenters. The van der Waals surface area contributed by atoms with Crippen LogP contribution >= 0.6 is 0 Å². The predicted octanol–water partition coefficient (Wildman–Crippen LogP) is 4.94. The lowest BCUT2D eigenvalue weighted by atomic mass is 10.0. The molecular weight excluding hydrogens is 414 g/mol. The second-order valence-corrected chi connectivity index (χ2v) is 8.29. The molecule has 0 spiro atoms. The normalized spacial score (nSPS) is 13.7. The van der Waals surface area contributed by atoms with Crippen LogP contribution in [0, 0.1) is 0 Å². The number of hydrogen-bond acceptors (Lipinski definition) is 5. The Bertz CT molecular complexity index is 1180. The number of imide groups is 1. The van der Waals surface area contributed by atoms with E-state index in [2.05, 4.69) is 5.32 Å². The topological polar surface area (TPSA) is 61.9 Å². The second kappa shape index (κ2) is 9.20. The van der Waals surface area contributed by atoms with Gasteiger partial charge in [-0.25, -0.2) is 4.90 Å². The molecule has 33 heavy (non-hydrogen) atoms. The summed E-state index contributed by atoms with van der Waals surface area (Å²) in [5.41, 5.74) is 3.55. The van der Waals surface area contributed by atoms with Gasteiger partial charge in [-0.1, -0.05) is 30.3 Å². The standard InChI is InChI=1S/C27H27N3O3/c1-18(2)33-23-16-14-22(15-17-23)30-26(31)24(19-8-6-5-7-9-19)25(27(30)32)28-20-10-12-21(13-11-20)29(3)4/h5-18,28H,1-4H3. The summed E-state index contributed by atoms with van der Waals surface area (Å²) in [4.78, 5) is 30.2. The number of amides is 2. The first-order valence-electron chi connectivity index (χ1n) is 10.8. The first kappa shape index (κ1) is 22.1. The zero-order valence-electron chi connectivity index (χ0n) is 19.2. The van der Waals surface area contributed by atoms with E-state index in [-0.39, 0.29) is 17.7 Å². The summed E-state index contributed by atoms with van der Waals surface area (Å²) >= 11 is 0. The van der Waals surface area contributed by atoms with Crippen LogP contribution in [0.2, 0.25) is 0 Å². The Kier molecular flexibility index (Phi) is 6.18. The molecule has 1 aliphatic heterocycles. The van der Waals surface area contributed by atoms with Crippen molar-refractivity contribution in [2.75, 3.05) is 29.2 Å². The van der Waals surface area contributed by atoms with Crippen molar-refractivity contribution < 1.29 is 14.3 Å². The second-order valence-electron chi connectivity index (χ2n) is 8.29. The lowest BCUT2D eigenvalue weighted by Crippen LogP contribution is -2.32. The van der Waals surface area contributed by atoms with Crippen molar-refractivity contribution in [3.8, 4) is 5.75 Å². The van der Waals surface area contributed by atoms with Crippen LogP contribution in [0.15, 0.2) is 84.6 Å². The van der Waals surface area contributed by atoms with E-state index in [1.165, 1.54) is 4.90 Å². The van der Waals surface area contributed by atoms with E-state index >= 15 is 0 Å². The Morgan fingerprint density at radius 3 is 2.03 bits per heavy atom. The molecule has 3 aromatic rings. The molecule has 4 rings (SSSR count). The zero-order valence-corrected chi connectivity index (χ0v) is 19.2. The van der Waals surface area contributed by atoms with Gasteiger partial charge in [-0.05, 0) is 67.9 Å². The minimum Gasteiger partial charge on any atom is -0.491 e. The molecule has 0 aromatic heterocycles. The fourth-order valence-corrected chi connectivity index (χ4v) is 3.69. The highest BCUT2D eigenvalue weighted by Crippen LogP contribution is 2.34. The lowest BCUT2D eigenvalue weighted by Gasteiger charge is -2.17. The molecule has 2 amide bonds. The molecule has 6 heteroatoms. The molecule has 168 valence electrons. The van der Waals surface area contributed by atoms with Gasteiger partial charge in [0.25, 0.3) is 11.8 Å². The van der Waals surface area contributed by atoms with E-state index in [0.29, 0.717) is 22.6 Å². The van der Waals surface area contributed by atoms with E-state index in [1.807, 2.05) is 87.4 Å². The molecule has 6 nitrogen and oxygen atoms in total. The van der Waals surface area contributed by atoms with E-state index in [4.69, 9.17) is 4.74 Å². The monoisotopic (exact) mass is 441 g/mol. The largest absolute Gasteiger partial charge is 0.491 e. The number of nitrogens with zero attached hydrogens (tertiary/aromatic N) is 2. The van der Waals surface area contributed by atoms with Crippen LogP contribution in [0.25, 0.3) is 5.57 Å². The van der Waals surface area contributed by atoms with Gasteiger partial charge < -0.3 is 15.0 Å². The van der Waals surface area contributed by atoms with E-state index in [0.717, 1.165) is 11.4 Å². The minimum atomic E-state index is -0.395. The Morgan fingerprint density at radius 2 is 1.45 bits per heavy atom. The number of rotatable bonds is 7. The highest BCUT2D eigenvalue weighted by molar-refractivity contribution is 6.46. The summed E-state index contributed by atoms with van der Waals surface area (Å²) in [5, 5.41) is 3.20. The van der Waals surface area contributed by atoms with Crippen LogP contribution in [0.4, 0.5) is 17.1 Å². The molecule has 0 saturated carbocycles. The summed E-state index contributed by atoms with van der Waals surface area (Å²) in [5.74, 6) is -0.0763. The lowest BCUT2D eigenvalue weighted by molar-refractivity contribution is -0.120. The van der Waals surface area contributed by atoms with E-state index < -0.39 is 5.91 Å². The first-order valence-corrected chi connectivity index (χ1v) is 10.8. The maximum Gasteiger partial charge on any atom is 0.282 e. The van der Waals surface area contributed by atoms with Crippen molar-refractivity contribution in [1.29, 1.82) is 0 Å². The van der Waals surface area contributed by atoms with Crippen molar-refractivity contribution in [3.05, 3.63) is 90.1 Å². The fraction of sp³-hybridized carbons (Fsp3) is 0.185. The third-order valence-corrected chi connectivity index (χ3v) is 5.27. The van der Waals surface area contributed by atoms with E-state index in [9.17, 15) is 9.59 Å². The number of ether oxygens (including phenoxy) is 1. The quantitative estimate of drug-likeness (QED) is 0.527. The SMILES string of the molecule is CC(C)Oc1ccc(N2C(=O)C(Nc3ccc(N(C)C)cc3)=C(c3ccccc3)C2=O)cc1. The molecule has 0 bridgehead atoms. The van der Waals surface area contributed by atoms with Gasteiger partial charge in [-0.2, -0.15) is 0 Å². The summed E-state index contributed by atoms with van der Waals surface area (Å²) < 4.78 is 5.69. The molecule has 0 radical (unpaired) electrons. The number of carbonyl (C=O) groups is 2. The molecule has 3 aromatic carbocycles. The Labute approximate surface area is 194 Å². The van der Waals surface area contributed by atoms with Crippen molar-refractivity contribution in [2.45, 2.75) is 20.0 Å². The van der Waals surface area contributed by atoms with Crippen molar-refractivity contribution >= 4 is 34.4 Å². The maximum absolute atomic E-state index is 13.5. The molecule has 1 heterocycles. The van der Waals surface area contributed by atoms with Crippen molar-refractivity contribution in [3.63, 3.8) is 0 Å². The molecule has 0 aliphatic carbocycles. The van der Waals surface area contributed by atoms with Crippen molar-refractivity contribution in [1.82, 2.24) is 0 Å². The van der Waals surface area contributed by atoms with Gasteiger partial charge in [0.2, 0.25) is 0 Å². The first-order chi connectivity index (χ1) is 15.8. The fourth-order valence-electron chi connectivity index (χ4n) is 3.69. The van der Waals surface area contributed by atoms with Gasteiger partial charge in [-0.15, -0.1) is 0 Å². The number of nitrogens with one attached hydrogen (secondary N) is 1. The van der Waals surface area contributed by atoms with Crippen LogP contribution in [0.3, 0.4) is 0 Å². The molecule has 0 fully saturated rings. The third-order valence-electron chi connectivity index (χ3n) is 5.27. The molecule has 0 atom stereocenters. The summed E-state index contributed by atoms with van der Waals surface area (Å²) in [6, 6.07) is 23.9. The summed E-state index contributed by atoms with van der Waals surface area (Å²) in [6.45, 7) is 3.89. The summed E-state index contributed by atoms with van der Waals surface area (Å²) in [6.07, 6.45) is 0.0342. The molecule has 0 saturated heterocycles. The van der Waals surface area contributed by atoms with Gasteiger partial charge in [-0.3, -0.25) is 9.59 Å². The molecular formula is C27H27N3O3. The highest BCUT2D eigenvalue weighted by Gasteiger charge is 2.40. The smallest absolute Gasteiger partial charge is 0.282 e. The van der Waals surface area contributed by atoms with Crippen LogP contribution in [0.1, 0.15) is 19.4 Å². The van der Waals surface area contributed by atoms with Gasteiger partial charge in [0.1, 0.15) is 11.4 Å². The Morgan fingerprint density at radius 1 is 0.818 bits per heavy atom. The van der Waals surface area contributed by atoms with Gasteiger partial charge in [0.05, 0.1) is 17.4 Å². The number of benzene rings is 3. The average Bonchev–Trinajstić information content (AvgIpc) is 3.04. The van der Waals surface area contributed by atoms with Crippen LogP contribution < -0.4 is 19.9 Å². The average molecular weight is 442 g/mol.